The fourth-order valence-corrected chi connectivity index (χ4v) is 9.92. The lowest BCUT2D eigenvalue weighted by atomic mass is 10.1. The van der Waals surface area contributed by atoms with Gasteiger partial charge < -0.3 is 14.2 Å². The SMILES string of the molecule is CC/C=C\C/C=C\C/C=C\CCCCCCCCCC(=O)OCC(COC(=O)CCCCCCCCCCC/C=C\CCCCCCCCCC)OC(=O)CCCCCCCCCCC/C=C\CCCCCCCCCC. The average Bonchev–Trinajstić information content (AvgIpc) is 3.43. The molecule has 0 fully saturated rings. The second-order valence-electron chi connectivity index (χ2n) is 22.7. The van der Waals surface area contributed by atoms with Gasteiger partial charge in [-0.1, -0.05) is 293 Å². The van der Waals surface area contributed by atoms with Crippen LogP contribution in [0.1, 0.15) is 355 Å². The zero-order valence-corrected chi connectivity index (χ0v) is 51.5. The van der Waals surface area contributed by atoms with Gasteiger partial charge in [0.1, 0.15) is 13.2 Å². The van der Waals surface area contributed by atoms with Crippen LogP contribution in [0.4, 0.5) is 0 Å². The molecule has 0 heterocycles. The highest BCUT2D eigenvalue weighted by molar-refractivity contribution is 5.71. The van der Waals surface area contributed by atoms with Gasteiger partial charge in [0.2, 0.25) is 0 Å². The number of carbonyl (C=O) groups is 3. The lowest BCUT2D eigenvalue weighted by molar-refractivity contribution is -0.167. The summed E-state index contributed by atoms with van der Waals surface area (Å²) in [5, 5.41) is 0. The van der Waals surface area contributed by atoms with Crippen LogP contribution >= 0.6 is 0 Å². The van der Waals surface area contributed by atoms with Gasteiger partial charge in [-0.2, -0.15) is 0 Å². The second kappa shape index (κ2) is 65.6. The number of hydrogen-bond donors (Lipinski definition) is 0. The molecule has 448 valence electrons. The number of hydrogen-bond acceptors (Lipinski definition) is 6. The minimum atomic E-state index is -0.782. The first-order chi connectivity index (χ1) is 38.0. The van der Waals surface area contributed by atoms with Gasteiger partial charge in [0.05, 0.1) is 0 Å². The van der Waals surface area contributed by atoms with Crippen molar-refractivity contribution >= 4 is 17.9 Å². The maximum Gasteiger partial charge on any atom is 0.306 e. The van der Waals surface area contributed by atoms with Crippen molar-refractivity contribution in [1.29, 1.82) is 0 Å². The molecule has 0 aromatic heterocycles. The first kappa shape index (κ1) is 74.1. The smallest absolute Gasteiger partial charge is 0.306 e. The summed E-state index contributed by atoms with van der Waals surface area (Å²) in [7, 11) is 0. The number of unbranched alkanes of at least 4 members (excludes halogenated alkanes) is 41. The zero-order chi connectivity index (χ0) is 55.7. The minimum absolute atomic E-state index is 0.0771. The third-order valence-corrected chi connectivity index (χ3v) is 15.0. The molecule has 6 nitrogen and oxygen atoms in total. The molecule has 1 unspecified atom stereocenters. The normalized spacial score (nSPS) is 12.4. The van der Waals surface area contributed by atoms with E-state index < -0.39 is 6.10 Å². The maximum atomic E-state index is 12.9. The molecular weight excluding hydrogens is 949 g/mol. The van der Waals surface area contributed by atoms with E-state index in [1.54, 1.807) is 0 Å². The summed E-state index contributed by atoms with van der Waals surface area (Å²) in [6.07, 6.45) is 83.7. The molecule has 0 saturated heterocycles. The van der Waals surface area contributed by atoms with Crippen molar-refractivity contribution in [2.24, 2.45) is 0 Å². The van der Waals surface area contributed by atoms with Gasteiger partial charge in [0, 0.05) is 19.3 Å². The van der Waals surface area contributed by atoms with Crippen molar-refractivity contribution in [3.8, 4) is 0 Å². The van der Waals surface area contributed by atoms with E-state index in [0.29, 0.717) is 19.3 Å². The van der Waals surface area contributed by atoms with E-state index in [1.807, 2.05) is 0 Å². The van der Waals surface area contributed by atoms with Crippen LogP contribution in [0.5, 0.6) is 0 Å². The van der Waals surface area contributed by atoms with Crippen LogP contribution in [0.25, 0.3) is 0 Å². The van der Waals surface area contributed by atoms with Crippen LogP contribution in [0, 0.1) is 0 Å². The molecule has 1 atom stereocenters. The van der Waals surface area contributed by atoms with E-state index in [1.165, 1.54) is 231 Å². The summed E-state index contributed by atoms with van der Waals surface area (Å²) in [6.45, 7) is 6.57. The molecule has 0 aliphatic heterocycles. The fourth-order valence-electron chi connectivity index (χ4n) is 9.92. The molecule has 0 aromatic carbocycles. The van der Waals surface area contributed by atoms with Crippen LogP contribution in [0.15, 0.2) is 60.8 Å². The Balaban J connectivity index is 4.35. The Hall–Kier alpha value is -2.89. The molecule has 77 heavy (non-hydrogen) atoms. The first-order valence-electron chi connectivity index (χ1n) is 33.8. The molecule has 0 saturated carbocycles. The standard InChI is InChI=1S/C71H128O6/c1-4-7-10-13-16-19-22-25-28-31-33-35-37-40-43-46-49-52-55-58-61-64-70(73)76-67-68(66-75-69(72)63-60-57-54-51-48-45-42-39-30-27-24-21-18-15-12-9-6-3)77-71(74)65-62-59-56-53-50-47-44-41-38-36-34-32-29-26-23-20-17-14-11-8-5-2/h9,12,18,21,27,30-34,68H,4-8,10-11,13-17,19-20,22-26,28-29,35-67H2,1-3H3/b12-9-,21-18-,30-27-,33-31-,34-32-. The van der Waals surface area contributed by atoms with E-state index in [-0.39, 0.29) is 31.1 Å². The molecule has 0 rings (SSSR count). The summed E-state index contributed by atoms with van der Waals surface area (Å²) < 4.78 is 17.0. The second-order valence-corrected chi connectivity index (χ2v) is 22.7. The van der Waals surface area contributed by atoms with Crippen LogP contribution in [0.2, 0.25) is 0 Å². The van der Waals surface area contributed by atoms with Crippen molar-refractivity contribution in [3.63, 3.8) is 0 Å². The third-order valence-electron chi connectivity index (χ3n) is 15.0. The quantitative estimate of drug-likeness (QED) is 0.0261. The number of allylic oxidation sites excluding steroid dienone is 10. The molecular formula is C71H128O6. The van der Waals surface area contributed by atoms with E-state index in [4.69, 9.17) is 14.2 Å². The van der Waals surface area contributed by atoms with Crippen molar-refractivity contribution in [3.05, 3.63) is 60.8 Å². The van der Waals surface area contributed by atoms with Crippen LogP contribution < -0.4 is 0 Å². The van der Waals surface area contributed by atoms with Gasteiger partial charge in [-0.3, -0.25) is 14.4 Å². The zero-order valence-electron chi connectivity index (χ0n) is 51.5. The summed E-state index contributed by atoms with van der Waals surface area (Å²) in [4.78, 5) is 38.4. The van der Waals surface area contributed by atoms with Gasteiger partial charge in [0.15, 0.2) is 6.10 Å². The van der Waals surface area contributed by atoms with Gasteiger partial charge in [-0.05, 0) is 103 Å². The van der Waals surface area contributed by atoms with E-state index >= 15 is 0 Å². The summed E-state index contributed by atoms with van der Waals surface area (Å²) in [6, 6.07) is 0. The van der Waals surface area contributed by atoms with Crippen molar-refractivity contribution < 1.29 is 28.6 Å². The predicted octanol–water partition coefficient (Wildman–Crippen LogP) is 23.1. The number of esters is 3. The average molecular weight is 1080 g/mol. The Morgan fingerprint density at radius 2 is 0.506 bits per heavy atom. The van der Waals surface area contributed by atoms with Gasteiger partial charge in [0.25, 0.3) is 0 Å². The lowest BCUT2D eigenvalue weighted by Crippen LogP contribution is -2.30. The molecule has 0 bridgehead atoms. The van der Waals surface area contributed by atoms with Crippen molar-refractivity contribution in [2.45, 2.75) is 361 Å². The molecule has 0 amide bonds. The Labute approximate surface area is 479 Å². The fraction of sp³-hybridized carbons (Fsp3) is 0.817. The third kappa shape index (κ3) is 63.8. The molecule has 0 spiro atoms. The number of carbonyl (C=O) groups excluding carboxylic acids is 3. The van der Waals surface area contributed by atoms with Crippen molar-refractivity contribution in [2.75, 3.05) is 13.2 Å². The highest BCUT2D eigenvalue weighted by Crippen LogP contribution is 2.17. The number of rotatable bonds is 62. The largest absolute Gasteiger partial charge is 0.462 e. The molecule has 0 aliphatic carbocycles. The van der Waals surface area contributed by atoms with Gasteiger partial charge >= 0.3 is 17.9 Å². The Morgan fingerprint density at radius 3 is 0.805 bits per heavy atom. The summed E-state index contributed by atoms with van der Waals surface area (Å²) in [5.74, 6) is -0.871. The lowest BCUT2D eigenvalue weighted by Gasteiger charge is -2.18. The summed E-state index contributed by atoms with van der Waals surface area (Å²) in [5.41, 5.74) is 0. The maximum absolute atomic E-state index is 12.9. The Morgan fingerprint density at radius 1 is 0.273 bits per heavy atom. The minimum Gasteiger partial charge on any atom is -0.462 e. The predicted molar refractivity (Wildman–Crippen MR) is 335 cm³/mol. The van der Waals surface area contributed by atoms with E-state index in [0.717, 1.165) is 83.5 Å². The molecule has 0 aliphatic rings. The molecule has 0 aromatic rings. The molecule has 6 heteroatoms. The highest BCUT2D eigenvalue weighted by atomic mass is 16.6. The first-order valence-corrected chi connectivity index (χ1v) is 33.8. The molecule has 0 radical (unpaired) electrons. The highest BCUT2D eigenvalue weighted by Gasteiger charge is 2.19. The Bertz CT molecular complexity index is 1380. The Kier molecular flexibility index (Phi) is 63.2. The monoisotopic (exact) mass is 1080 g/mol. The van der Waals surface area contributed by atoms with E-state index in [9.17, 15) is 14.4 Å². The van der Waals surface area contributed by atoms with Crippen molar-refractivity contribution in [1.82, 2.24) is 0 Å². The summed E-state index contributed by atoms with van der Waals surface area (Å²) >= 11 is 0. The topological polar surface area (TPSA) is 78.9 Å². The van der Waals surface area contributed by atoms with Crippen LogP contribution in [-0.4, -0.2) is 37.2 Å². The molecule has 0 N–H and O–H groups in total. The van der Waals surface area contributed by atoms with Gasteiger partial charge in [-0.25, -0.2) is 0 Å². The van der Waals surface area contributed by atoms with Gasteiger partial charge in [-0.15, -0.1) is 0 Å². The number of ether oxygens (including phenoxy) is 3. The van der Waals surface area contributed by atoms with Crippen LogP contribution in [0.3, 0.4) is 0 Å². The van der Waals surface area contributed by atoms with Crippen LogP contribution in [-0.2, 0) is 28.6 Å². The van der Waals surface area contributed by atoms with E-state index in [2.05, 4.69) is 81.5 Å².